The lowest BCUT2D eigenvalue weighted by Gasteiger charge is -2.16. The first-order valence-electron chi connectivity index (χ1n) is 7.47. The summed E-state index contributed by atoms with van der Waals surface area (Å²) < 4.78 is 11.0. The molecule has 0 fully saturated rings. The molecule has 0 bridgehead atoms. The van der Waals surface area contributed by atoms with Crippen LogP contribution in [0.4, 0.5) is 0 Å². The van der Waals surface area contributed by atoms with Crippen LogP contribution in [-0.4, -0.2) is 36.4 Å². The molecule has 2 atom stereocenters. The maximum Gasteiger partial charge on any atom is 0.303 e. The Morgan fingerprint density at radius 3 is 2.74 bits per heavy atom. The number of hydrogen-bond acceptors (Lipinski definition) is 5. The summed E-state index contributed by atoms with van der Waals surface area (Å²) >= 11 is 0. The Balaban J connectivity index is 2.18. The summed E-state index contributed by atoms with van der Waals surface area (Å²) in [5.41, 5.74) is 2.24. The molecule has 23 heavy (non-hydrogen) atoms. The van der Waals surface area contributed by atoms with Crippen molar-refractivity contribution < 1.29 is 23.9 Å². The molecule has 0 amide bonds. The van der Waals surface area contributed by atoms with Crippen molar-refractivity contribution in [3.8, 4) is 0 Å². The molecular formula is C18H20O5. The molecule has 1 unspecified atom stereocenters. The van der Waals surface area contributed by atoms with Crippen molar-refractivity contribution in [3.63, 3.8) is 0 Å². The van der Waals surface area contributed by atoms with E-state index in [1.165, 1.54) is 25.2 Å². The van der Waals surface area contributed by atoms with E-state index < -0.39 is 12.2 Å². The van der Waals surface area contributed by atoms with Gasteiger partial charge in [0.1, 0.15) is 12.2 Å². The Morgan fingerprint density at radius 2 is 2.09 bits per heavy atom. The third kappa shape index (κ3) is 4.60. The standard InChI is InChI=1S/C18H20O5/c1-11(2)4-7-17(23-12(3)19)13-8-18(22-10-13)15-9-14(20)5-6-16(15)21/h4-6,8-9,17-18H,7,10H2,1-3H3/t17-,18?/m0/s1. The molecule has 0 aromatic heterocycles. The molecule has 0 aromatic rings. The van der Waals surface area contributed by atoms with E-state index in [9.17, 15) is 14.4 Å². The van der Waals surface area contributed by atoms with Gasteiger partial charge in [-0.05, 0) is 43.7 Å². The summed E-state index contributed by atoms with van der Waals surface area (Å²) in [4.78, 5) is 34.6. The fourth-order valence-electron chi connectivity index (χ4n) is 2.42. The minimum atomic E-state index is -0.573. The van der Waals surface area contributed by atoms with Crippen LogP contribution in [0.25, 0.3) is 0 Å². The van der Waals surface area contributed by atoms with Crippen LogP contribution in [0.15, 0.2) is 47.1 Å². The van der Waals surface area contributed by atoms with Crippen LogP contribution in [0.5, 0.6) is 0 Å². The van der Waals surface area contributed by atoms with E-state index in [4.69, 9.17) is 9.47 Å². The number of ether oxygens (including phenoxy) is 2. The molecule has 5 nitrogen and oxygen atoms in total. The first-order valence-corrected chi connectivity index (χ1v) is 7.47. The Bertz CT molecular complexity index is 644. The van der Waals surface area contributed by atoms with Gasteiger partial charge in [-0.3, -0.25) is 14.4 Å². The van der Waals surface area contributed by atoms with Gasteiger partial charge in [0.05, 0.1) is 6.61 Å². The number of hydrogen-bond donors (Lipinski definition) is 0. The highest BCUT2D eigenvalue weighted by molar-refractivity contribution is 6.17. The van der Waals surface area contributed by atoms with Gasteiger partial charge in [0.15, 0.2) is 11.6 Å². The summed E-state index contributed by atoms with van der Waals surface area (Å²) in [6, 6.07) is 0. The smallest absolute Gasteiger partial charge is 0.303 e. The summed E-state index contributed by atoms with van der Waals surface area (Å²) in [5, 5.41) is 0. The predicted molar refractivity (Wildman–Crippen MR) is 84.7 cm³/mol. The molecule has 0 saturated carbocycles. The lowest BCUT2D eigenvalue weighted by atomic mass is 9.97. The number of rotatable bonds is 5. The summed E-state index contributed by atoms with van der Waals surface area (Å²) in [6.45, 7) is 5.56. The van der Waals surface area contributed by atoms with Crippen molar-refractivity contribution in [1.82, 2.24) is 0 Å². The van der Waals surface area contributed by atoms with Crippen LogP contribution >= 0.6 is 0 Å². The molecule has 122 valence electrons. The van der Waals surface area contributed by atoms with Crippen molar-refractivity contribution >= 4 is 17.5 Å². The van der Waals surface area contributed by atoms with Gasteiger partial charge in [0.25, 0.3) is 0 Å². The molecule has 1 aliphatic heterocycles. The average Bonchev–Trinajstić information content (AvgIpc) is 2.95. The number of ketones is 2. The minimum absolute atomic E-state index is 0.230. The minimum Gasteiger partial charge on any atom is -0.458 e. The molecule has 5 heteroatoms. The third-order valence-corrected chi connectivity index (χ3v) is 3.54. The van der Waals surface area contributed by atoms with Crippen molar-refractivity contribution in [1.29, 1.82) is 0 Å². The van der Waals surface area contributed by atoms with Gasteiger partial charge in [-0.2, -0.15) is 0 Å². The summed E-state index contributed by atoms with van der Waals surface area (Å²) in [7, 11) is 0. The second-order valence-corrected chi connectivity index (χ2v) is 5.79. The molecule has 0 saturated heterocycles. The van der Waals surface area contributed by atoms with Gasteiger partial charge in [-0.25, -0.2) is 0 Å². The van der Waals surface area contributed by atoms with Crippen LogP contribution in [0.2, 0.25) is 0 Å². The molecule has 1 heterocycles. The van der Waals surface area contributed by atoms with Crippen molar-refractivity contribution in [2.45, 2.75) is 39.4 Å². The predicted octanol–water partition coefficient (Wildman–Crippen LogP) is 2.23. The molecule has 0 aromatic carbocycles. The summed E-state index contributed by atoms with van der Waals surface area (Å²) in [5.74, 6) is -0.834. The Hall–Kier alpha value is -2.27. The maximum atomic E-state index is 11.9. The second-order valence-electron chi connectivity index (χ2n) is 5.79. The molecule has 0 N–H and O–H groups in total. The zero-order chi connectivity index (χ0) is 17.0. The molecule has 1 aliphatic carbocycles. The Kier molecular flexibility index (Phi) is 5.45. The average molecular weight is 316 g/mol. The lowest BCUT2D eigenvalue weighted by molar-refractivity contribution is -0.144. The molecular weight excluding hydrogens is 296 g/mol. The van der Waals surface area contributed by atoms with Gasteiger partial charge >= 0.3 is 5.97 Å². The first-order chi connectivity index (χ1) is 10.9. The van der Waals surface area contributed by atoms with Gasteiger partial charge in [-0.1, -0.05) is 11.6 Å². The van der Waals surface area contributed by atoms with Crippen molar-refractivity contribution in [2.24, 2.45) is 0 Å². The van der Waals surface area contributed by atoms with Crippen LogP contribution < -0.4 is 0 Å². The summed E-state index contributed by atoms with van der Waals surface area (Å²) in [6.07, 6.45) is 7.09. The molecule has 0 spiro atoms. The molecule has 2 aliphatic rings. The van der Waals surface area contributed by atoms with Gasteiger partial charge < -0.3 is 9.47 Å². The van der Waals surface area contributed by atoms with Crippen LogP contribution in [-0.2, 0) is 23.9 Å². The van der Waals surface area contributed by atoms with Crippen molar-refractivity contribution in [2.75, 3.05) is 6.61 Å². The lowest BCUT2D eigenvalue weighted by Crippen LogP contribution is -2.19. The van der Waals surface area contributed by atoms with Crippen LogP contribution in [0.3, 0.4) is 0 Å². The maximum absolute atomic E-state index is 11.9. The van der Waals surface area contributed by atoms with E-state index in [1.807, 2.05) is 19.9 Å². The van der Waals surface area contributed by atoms with E-state index in [0.29, 0.717) is 12.0 Å². The number of esters is 1. The Labute approximate surface area is 135 Å². The SMILES string of the molecule is CC(=O)O[C@@H](CC=C(C)C)C1=CC(C2=CC(=O)C=CC2=O)OC1. The van der Waals surface area contributed by atoms with E-state index in [1.54, 1.807) is 6.08 Å². The highest BCUT2D eigenvalue weighted by Gasteiger charge is 2.30. The topological polar surface area (TPSA) is 69.7 Å². The van der Waals surface area contributed by atoms with Gasteiger partial charge in [0, 0.05) is 18.9 Å². The monoisotopic (exact) mass is 316 g/mol. The fraction of sp³-hybridized carbons (Fsp3) is 0.389. The zero-order valence-electron chi connectivity index (χ0n) is 13.5. The van der Waals surface area contributed by atoms with Gasteiger partial charge in [-0.15, -0.1) is 0 Å². The largest absolute Gasteiger partial charge is 0.458 e. The number of allylic oxidation sites excluding steroid dienone is 4. The second kappa shape index (κ2) is 7.33. The molecule has 0 radical (unpaired) electrons. The van der Waals surface area contributed by atoms with Crippen LogP contribution in [0.1, 0.15) is 27.2 Å². The first kappa shape index (κ1) is 17.1. The quantitative estimate of drug-likeness (QED) is 0.442. The van der Waals surface area contributed by atoms with E-state index >= 15 is 0 Å². The van der Waals surface area contributed by atoms with E-state index in [-0.39, 0.29) is 24.1 Å². The van der Waals surface area contributed by atoms with Crippen molar-refractivity contribution in [3.05, 3.63) is 47.1 Å². The highest BCUT2D eigenvalue weighted by atomic mass is 16.5. The Morgan fingerprint density at radius 1 is 1.35 bits per heavy atom. The van der Waals surface area contributed by atoms with Crippen LogP contribution in [0, 0.1) is 0 Å². The number of carbonyl (C=O) groups excluding carboxylic acids is 3. The van der Waals surface area contributed by atoms with E-state index in [0.717, 1.165) is 11.1 Å². The normalized spacial score (nSPS) is 21.6. The number of carbonyl (C=O) groups is 3. The molecule has 2 rings (SSSR count). The fourth-order valence-corrected chi connectivity index (χ4v) is 2.42. The third-order valence-electron chi connectivity index (χ3n) is 3.54. The zero-order valence-corrected chi connectivity index (χ0v) is 13.5. The highest BCUT2D eigenvalue weighted by Crippen LogP contribution is 2.26. The van der Waals surface area contributed by atoms with Gasteiger partial charge in [0.2, 0.25) is 0 Å². The van der Waals surface area contributed by atoms with E-state index in [2.05, 4.69) is 0 Å².